The third-order valence-electron chi connectivity index (χ3n) is 2.28. The second kappa shape index (κ2) is 5.18. The predicted molar refractivity (Wildman–Crippen MR) is 67.3 cm³/mol. The molecule has 3 nitrogen and oxygen atoms in total. The lowest BCUT2D eigenvalue weighted by Crippen LogP contribution is -2.04. The van der Waals surface area contributed by atoms with E-state index in [2.05, 4.69) is 10.3 Å². The molecular weight excluding hydrogens is 260 g/mol. The van der Waals surface area contributed by atoms with Crippen LogP contribution in [0.15, 0.2) is 30.3 Å². The smallest absolute Gasteiger partial charge is 0.133 e. The van der Waals surface area contributed by atoms with Gasteiger partial charge in [-0.25, -0.2) is 13.8 Å². The molecule has 0 amide bonds. The van der Waals surface area contributed by atoms with Gasteiger partial charge in [0.2, 0.25) is 0 Å². The summed E-state index contributed by atoms with van der Waals surface area (Å²) in [6.07, 6.45) is 0. The highest BCUT2D eigenvalue weighted by Crippen LogP contribution is 2.17. The van der Waals surface area contributed by atoms with E-state index in [0.717, 1.165) is 18.2 Å². The van der Waals surface area contributed by atoms with Gasteiger partial charge in [-0.1, -0.05) is 11.6 Å². The quantitative estimate of drug-likeness (QED) is 0.841. The Morgan fingerprint density at radius 2 is 2.00 bits per heavy atom. The van der Waals surface area contributed by atoms with E-state index in [0.29, 0.717) is 11.5 Å². The summed E-state index contributed by atoms with van der Waals surface area (Å²) >= 11 is 5.72. The molecule has 3 N–H and O–H groups in total. The van der Waals surface area contributed by atoms with E-state index >= 15 is 0 Å². The fourth-order valence-corrected chi connectivity index (χ4v) is 1.69. The number of nitrogens with one attached hydrogen (secondary N) is 1. The van der Waals surface area contributed by atoms with Crippen LogP contribution in [-0.4, -0.2) is 4.98 Å². The van der Waals surface area contributed by atoms with Crippen LogP contribution in [0.5, 0.6) is 0 Å². The lowest BCUT2D eigenvalue weighted by molar-refractivity contribution is 0.587. The van der Waals surface area contributed by atoms with Gasteiger partial charge in [0.15, 0.2) is 0 Å². The van der Waals surface area contributed by atoms with Crippen molar-refractivity contribution >= 4 is 23.1 Å². The summed E-state index contributed by atoms with van der Waals surface area (Å²) < 4.78 is 26.3. The molecule has 0 fully saturated rings. The summed E-state index contributed by atoms with van der Waals surface area (Å²) in [4.78, 5) is 3.96. The number of nitrogens with two attached hydrogens (primary N) is 1. The third-order valence-corrected chi connectivity index (χ3v) is 2.48. The first-order valence-corrected chi connectivity index (χ1v) is 5.53. The number of pyridine rings is 1. The maximum atomic E-state index is 13.4. The minimum absolute atomic E-state index is 0.0936. The van der Waals surface area contributed by atoms with E-state index in [-0.39, 0.29) is 17.3 Å². The van der Waals surface area contributed by atoms with E-state index < -0.39 is 11.6 Å². The number of nitrogen functional groups attached to an aromatic ring is 1. The van der Waals surface area contributed by atoms with Crippen LogP contribution in [0.1, 0.15) is 5.56 Å². The van der Waals surface area contributed by atoms with Gasteiger partial charge in [-0.05, 0) is 24.3 Å². The number of hydrogen-bond donors (Lipinski definition) is 2. The van der Waals surface area contributed by atoms with Crippen molar-refractivity contribution < 1.29 is 8.78 Å². The van der Waals surface area contributed by atoms with Crippen LogP contribution in [0, 0.1) is 11.6 Å². The minimum Gasteiger partial charge on any atom is -0.399 e. The molecular formula is C12H10ClF2N3. The van der Waals surface area contributed by atoms with E-state index in [9.17, 15) is 8.78 Å². The second-order valence-corrected chi connectivity index (χ2v) is 4.08. The van der Waals surface area contributed by atoms with Crippen molar-refractivity contribution in [2.75, 3.05) is 11.1 Å². The molecule has 0 bridgehead atoms. The van der Waals surface area contributed by atoms with E-state index in [1.165, 1.54) is 6.07 Å². The highest BCUT2D eigenvalue weighted by atomic mass is 35.5. The zero-order valence-corrected chi connectivity index (χ0v) is 10.0. The Morgan fingerprint density at radius 3 is 2.72 bits per heavy atom. The molecule has 1 aromatic heterocycles. The van der Waals surface area contributed by atoms with Crippen LogP contribution >= 0.6 is 11.6 Å². The van der Waals surface area contributed by atoms with Gasteiger partial charge < -0.3 is 11.1 Å². The SMILES string of the molecule is Nc1cc(Cl)nc(NCc2cc(F)ccc2F)c1. The Bertz CT molecular complexity index is 555. The van der Waals surface area contributed by atoms with Crippen LogP contribution in [-0.2, 0) is 6.54 Å². The summed E-state index contributed by atoms with van der Waals surface area (Å²) in [5.74, 6) is -0.575. The van der Waals surface area contributed by atoms with Crippen molar-refractivity contribution in [2.45, 2.75) is 6.54 Å². The largest absolute Gasteiger partial charge is 0.399 e. The van der Waals surface area contributed by atoms with Gasteiger partial charge in [0.1, 0.15) is 22.6 Å². The monoisotopic (exact) mass is 269 g/mol. The molecule has 94 valence electrons. The Kier molecular flexibility index (Phi) is 3.62. The molecule has 0 radical (unpaired) electrons. The van der Waals surface area contributed by atoms with Crippen molar-refractivity contribution in [3.8, 4) is 0 Å². The number of nitrogens with zero attached hydrogens (tertiary/aromatic N) is 1. The molecule has 18 heavy (non-hydrogen) atoms. The van der Waals surface area contributed by atoms with Crippen molar-refractivity contribution in [1.82, 2.24) is 4.98 Å². The van der Waals surface area contributed by atoms with Gasteiger partial charge in [-0.2, -0.15) is 0 Å². The van der Waals surface area contributed by atoms with Crippen LogP contribution in [0.25, 0.3) is 0 Å². The molecule has 1 heterocycles. The number of anilines is 2. The first-order chi connectivity index (χ1) is 8.54. The fourth-order valence-electron chi connectivity index (χ4n) is 1.47. The van der Waals surface area contributed by atoms with Gasteiger partial charge in [0, 0.05) is 23.9 Å². The number of benzene rings is 1. The first kappa shape index (κ1) is 12.6. The maximum Gasteiger partial charge on any atom is 0.133 e. The number of aromatic nitrogens is 1. The molecule has 2 rings (SSSR count). The molecule has 2 aromatic rings. The second-order valence-electron chi connectivity index (χ2n) is 3.70. The van der Waals surface area contributed by atoms with E-state index in [1.807, 2.05) is 0 Å². The van der Waals surface area contributed by atoms with E-state index in [1.54, 1.807) is 6.07 Å². The molecule has 0 saturated heterocycles. The van der Waals surface area contributed by atoms with Crippen LogP contribution < -0.4 is 11.1 Å². The van der Waals surface area contributed by atoms with Crippen LogP contribution in [0.2, 0.25) is 5.15 Å². The molecule has 1 aromatic carbocycles. The van der Waals surface area contributed by atoms with Crippen LogP contribution in [0.3, 0.4) is 0 Å². The van der Waals surface area contributed by atoms with Gasteiger partial charge in [0.05, 0.1) is 0 Å². The molecule has 0 aliphatic heterocycles. The molecule has 0 saturated carbocycles. The normalized spacial score (nSPS) is 10.4. The number of halogens is 3. The Labute approximate surface area is 108 Å². The highest BCUT2D eigenvalue weighted by molar-refractivity contribution is 6.29. The molecule has 0 atom stereocenters. The predicted octanol–water partition coefficient (Wildman–Crippen LogP) is 3.21. The van der Waals surface area contributed by atoms with Crippen molar-refractivity contribution in [3.63, 3.8) is 0 Å². The zero-order valence-electron chi connectivity index (χ0n) is 9.25. The van der Waals surface area contributed by atoms with Crippen molar-refractivity contribution in [2.24, 2.45) is 0 Å². The molecule has 0 spiro atoms. The minimum atomic E-state index is -0.494. The summed E-state index contributed by atoms with van der Waals surface area (Å²) in [5.41, 5.74) is 6.23. The highest BCUT2D eigenvalue weighted by Gasteiger charge is 2.05. The Morgan fingerprint density at radius 1 is 1.22 bits per heavy atom. The number of hydrogen-bond acceptors (Lipinski definition) is 3. The van der Waals surface area contributed by atoms with E-state index in [4.69, 9.17) is 17.3 Å². The summed E-state index contributed by atoms with van der Waals surface area (Å²) in [5, 5.41) is 3.06. The summed E-state index contributed by atoms with van der Waals surface area (Å²) in [6.45, 7) is 0.0936. The van der Waals surface area contributed by atoms with Gasteiger partial charge in [-0.3, -0.25) is 0 Å². The van der Waals surface area contributed by atoms with Gasteiger partial charge in [0.25, 0.3) is 0 Å². The average Bonchev–Trinajstić information content (AvgIpc) is 2.29. The average molecular weight is 270 g/mol. The topological polar surface area (TPSA) is 50.9 Å². The molecule has 0 unspecified atom stereocenters. The standard InChI is InChI=1S/C12H10ClF2N3/c13-11-4-9(16)5-12(18-11)17-6-7-3-8(14)1-2-10(7)15/h1-5H,6H2,(H3,16,17,18). The lowest BCUT2D eigenvalue weighted by atomic mass is 10.2. The lowest BCUT2D eigenvalue weighted by Gasteiger charge is -2.08. The Hall–Kier alpha value is -1.88. The van der Waals surface area contributed by atoms with Crippen molar-refractivity contribution in [3.05, 3.63) is 52.7 Å². The third kappa shape index (κ3) is 3.07. The molecule has 0 aliphatic rings. The zero-order chi connectivity index (χ0) is 13.1. The van der Waals surface area contributed by atoms with Gasteiger partial charge in [-0.15, -0.1) is 0 Å². The summed E-state index contributed by atoms with van der Waals surface area (Å²) in [7, 11) is 0. The molecule has 0 aliphatic carbocycles. The van der Waals surface area contributed by atoms with Crippen LogP contribution in [0.4, 0.5) is 20.3 Å². The summed E-state index contributed by atoms with van der Waals surface area (Å²) in [6, 6.07) is 6.31. The fraction of sp³-hybridized carbons (Fsp3) is 0.0833. The number of rotatable bonds is 3. The van der Waals surface area contributed by atoms with Gasteiger partial charge >= 0.3 is 0 Å². The first-order valence-electron chi connectivity index (χ1n) is 5.15. The maximum absolute atomic E-state index is 13.4. The van der Waals surface area contributed by atoms with Crippen molar-refractivity contribution in [1.29, 1.82) is 0 Å². The molecule has 6 heteroatoms. The Balaban J connectivity index is 2.13.